The Morgan fingerprint density at radius 3 is 2.50 bits per heavy atom. The molecule has 1 amide bonds. The third-order valence-corrected chi connectivity index (χ3v) is 7.04. The first-order valence-electron chi connectivity index (χ1n) is 12.7. The van der Waals surface area contributed by atoms with Gasteiger partial charge in [0, 0.05) is 30.4 Å². The summed E-state index contributed by atoms with van der Waals surface area (Å²) in [6.07, 6.45) is 3.36. The van der Waals surface area contributed by atoms with Gasteiger partial charge in [-0.15, -0.1) is 5.10 Å². The van der Waals surface area contributed by atoms with Crippen LogP contribution in [0.15, 0.2) is 82.3 Å². The lowest BCUT2D eigenvalue weighted by Crippen LogP contribution is -2.43. The predicted octanol–water partition coefficient (Wildman–Crippen LogP) is 3.73. The largest absolute Gasteiger partial charge is 0.403 e. The molecule has 0 radical (unpaired) electrons. The van der Waals surface area contributed by atoms with Gasteiger partial charge in [0.25, 0.3) is 11.8 Å². The first kappa shape index (κ1) is 22.6. The summed E-state index contributed by atoms with van der Waals surface area (Å²) in [7, 11) is 0. The van der Waals surface area contributed by atoms with Gasteiger partial charge in [0.1, 0.15) is 5.82 Å². The Morgan fingerprint density at radius 1 is 0.895 bits per heavy atom. The number of fused-ring (bicyclic) bond motifs is 3. The summed E-state index contributed by atoms with van der Waals surface area (Å²) >= 11 is 0. The van der Waals surface area contributed by atoms with Crippen molar-refractivity contribution in [3.05, 3.63) is 84.1 Å². The highest BCUT2D eigenvalue weighted by atomic mass is 16.5. The highest BCUT2D eigenvalue weighted by Gasteiger charge is 2.35. The van der Waals surface area contributed by atoms with E-state index >= 15 is 0 Å². The highest BCUT2D eigenvalue weighted by molar-refractivity contribution is 6.19. The molecule has 10 nitrogen and oxygen atoms in total. The number of carbonyl (C=O) groups is 1. The van der Waals surface area contributed by atoms with Gasteiger partial charge in [0.2, 0.25) is 6.17 Å². The van der Waals surface area contributed by atoms with Crippen molar-refractivity contribution in [1.82, 2.24) is 15.2 Å². The van der Waals surface area contributed by atoms with Gasteiger partial charge < -0.3 is 24.7 Å². The van der Waals surface area contributed by atoms with Crippen LogP contribution in [0.1, 0.15) is 24.0 Å². The van der Waals surface area contributed by atoms with E-state index < -0.39 is 6.17 Å². The number of aromatic nitrogens is 3. The molecule has 0 spiro atoms. The van der Waals surface area contributed by atoms with Crippen molar-refractivity contribution in [2.24, 2.45) is 4.99 Å². The molecule has 0 aliphatic carbocycles. The van der Waals surface area contributed by atoms with Crippen molar-refractivity contribution in [2.75, 3.05) is 28.6 Å². The SMILES string of the molecule is O=C1Nc2ccccc2C(c2ccccc2)=N[C@@H]1Nc1nnc(-c2cccnc2N2CC3CCC(C2)O3)o1. The van der Waals surface area contributed by atoms with Crippen molar-refractivity contribution in [2.45, 2.75) is 31.2 Å². The van der Waals surface area contributed by atoms with E-state index in [1.165, 1.54) is 0 Å². The van der Waals surface area contributed by atoms with Gasteiger partial charge in [-0.25, -0.2) is 9.98 Å². The maximum atomic E-state index is 13.2. The van der Waals surface area contributed by atoms with Crippen LogP contribution in [0.5, 0.6) is 0 Å². The number of amides is 1. The molecule has 2 aromatic carbocycles. The van der Waals surface area contributed by atoms with Crippen molar-refractivity contribution < 1.29 is 13.9 Å². The average Bonchev–Trinajstić information content (AvgIpc) is 3.53. The van der Waals surface area contributed by atoms with Crippen LogP contribution in [0.2, 0.25) is 0 Å². The molecule has 4 aromatic rings. The van der Waals surface area contributed by atoms with Crippen molar-refractivity contribution in [3.63, 3.8) is 0 Å². The topological polar surface area (TPSA) is 118 Å². The van der Waals surface area contributed by atoms with Crippen LogP contribution in [0, 0.1) is 0 Å². The molecule has 3 aliphatic rings. The molecule has 5 heterocycles. The van der Waals surface area contributed by atoms with E-state index in [1.807, 2.05) is 66.7 Å². The van der Waals surface area contributed by atoms with E-state index in [-0.39, 0.29) is 24.1 Å². The Kier molecular flexibility index (Phi) is 5.58. The second kappa shape index (κ2) is 9.38. The van der Waals surface area contributed by atoms with Gasteiger partial charge in [-0.3, -0.25) is 4.79 Å². The lowest BCUT2D eigenvalue weighted by Gasteiger charge is -2.33. The van der Waals surface area contributed by atoms with E-state index in [9.17, 15) is 4.79 Å². The number of hydrogen-bond donors (Lipinski definition) is 2. The Hall–Kier alpha value is -4.57. The van der Waals surface area contributed by atoms with Crippen LogP contribution in [0.25, 0.3) is 11.5 Å². The van der Waals surface area contributed by atoms with Crippen molar-refractivity contribution in [1.29, 1.82) is 0 Å². The molecule has 38 heavy (non-hydrogen) atoms. The quantitative estimate of drug-likeness (QED) is 0.420. The Balaban J connectivity index is 1.19. The number of carbonyl (C=O) groups excluding carboxylic acids is 1. The van der Waals surface area contributed by atoms with Crippen LogP contribution in [-0.2, 0) is 9.53 Å². The number of rotatable bonds is 5. The minimum Gasteiger partial charge on any atom is -0.403 e. The fourth-order valence-electron chi connectivity index (χ4n) is 5.29. The molecule has 3 atom stereocenters. The second-order valence-corrected chi connectivity index (χ2v) is 9.57. The van der Waals surface area contributed by atoms with Gasteiger partial charge in [-0.1, -0.05) is 53.6 Å². The molecule has 2 aromatic heterocycles. The number of hydrogen-bond acceptors (Lipinski definition) is 9. The van der Waals surface area contributed by atoms with Gasteiger partial charge in [0.15, 0.2) is 0 Å². The summed E-state index contributed by atoms with van der Waals surface area (Å²) in [5, 5.41) is 14.4. The van der Waals surface area contributed by atoms with Crippen molar-refractivity contribution in [3.8, 4) is 11.5 Å². The third-order valence-electron chi connectivity index (χ3n) is 7.04. The number of nitrogens with zero attached hydrogens (tertiary/aromatic N) is 5. The predicted molar refractivity (Wildman–Crippen MR) is 142 cm³/mol. The zero-order valence-electron chi connectivity index (χ0n) is 20.4. The summed E-state index contributed by atoms with van der Waals surface area (Å²) in [6, 6.07) is 21.2. The van der Waals surface area contributed by atoms with E-state index in [0.717, 1.165) is 48.4 Å². The molecule has 190 valence electrons. The first-order chi connectivity index (χ1) is 18.7. The van der Waals surface area contributed by atoms with E-state index in [0.29, 0.717) is 17.3 Å². The molecular formula is C28H25N7O3. The molecule has 7 rings (SSSR count). The molecule has 2 saturated heterocycles. The Labute approximate surface area is 218 Å². The Bertz CT molecular complexity index is 1510. The number of anilines is 3. The zero-order valence-corrected chi connectivity index (χ0v) is 20.4. The molecule has 3 aliphatic heterocycles. The minimum absolute atomic E-state index is 0.0964. The molecule has 2 unspecified atom stereocenters. The van der Waals surface area contributed by atoms with E-state index in [4.69, 9.17) is 14.1 Å². The first-order valence-corrected chi connectivity index (χ1v) is 12.7. The van der Waals surface area contributed by atoms with Gasteiger partial charge in [-0.05, 0) is 31.0 Å². The van der Waals surface area contributed by atoms with E-state index in [1.54, 1.807) is 6.20 Å². The van der Waals surface area contributed by atoms with E-state index in [2.05, 4.69) is 30.7 Å². The number of benzene rings is 2. The summed E-state index contributed by atoms with van der Waals surface area (Å²) in [5.41, 5.74) is 3.85. The maximum Gasteiger partial charge on any atom is 0.317 e. The monoisotopic (exact) mass is 507 g/mol. The Morgan fingerprint density at radius 2 is 1.66 bits per heavy atom. The summed E-state index contributed by atoms with van der Waals surface area (Å²) in [5.74, 6) is 0.781. The molecule has 2 bridgehead atoms. The zero-order chi connectivity index (χ0) is 25.5. The fraction of sp³-hybridized carbons (Fsp3) is 0.250. The van der Waals surface area contributed by atoms with Crippen molar-refractivity contribution >= 4 is 29.1 Å². The average molecular weight is 508 g/mol. The molecule has 2 fully saturated rings. The summed E-state index contributed by atoms with van der Waals surface area (Å²) in [6.45, 7) is 1.55. The lowest BCUT2D eigenvalue weighted by atomic mass is 10.0. The summed E-state index contributed by atoms with van der Waals surface area (Å²) < 4.78 is 12.0. The van der Waals surface area contributed by atoms with Crippen LogP contribution >= 0.6 is 0 Å². The number of pyridine rings is 1. The second-order valence-electron chi connectivity index (χ2n) is 9.57. The molecule has 10 heteroatoms. The van der Waals surface area contributed by atoms with Gasteiger partial charge in [-0.2, -0.15) is 0 Å². The normalized spacial score (nSPS) is 22.3. The van der Waals surface area contributed by atoms with Crippen LogP contribution in [0.3, 0.4) is 0 Å². The smallest absolute Gasteiger partial charge is 0.317 e. The fourth-order valence-corrected chi connectivity index (χ4v) is 5.29. The number of benzodiazepines with no additional fused rings is 1. The number of morpholine rings is 1. The van der Waals surface area contributed by atoms with Gasteiger partial charge in [0.05, 0.1) is 29.2 Å². The highest BCUT2D eigenvalue weighted by Crippen LogP contribution is 2.34. The molecule has 0 saturated carbocycles. The molecular weight excluding hydrogens is 482 g/mol. The van der Waals surface area contributed by atoms with Gasteiger partial charge >= 0.3 is 6.01 Å². The lowest BCUT2D eigenvalue weighted by molar-refractivity contribution is -0.116. The number of para-hydroxylation sites is 1. The summed E-state index contributed by atoms with van der Waals surface area (Å²) in [4.78, 5) is 24.8. The third kappa shape index (κ3) is 4.18. The minimum atomic E-state index is -0.978. The number of aliphatic imine (C=N–C) groups is 1. The van der Waals surface area contributed by atoms with Crippen LogP contribution in [0.4, 0.5) is 17.5 Å². The van der Waals surface area contributed by atoms with Crippen LogP contribution < -0.4 is 15.5 Å². The maximum absolute atomic E-state index is 13.2. The molecule has 2 N–H and O–H groups in total. The van der Waals surface area contributed by atoms with Crippen LogP contribution in [-0.4, -0.2) is 58.3 Å². The number of ether oxygens (including phenoxy) is 1. The standard InChI is InChI=1S/C28H25N7O3/c36-26-24(31-23(17-7-2-1-3-8-17)20-9-4-5-11-22(20)30-26)32-28-34-33-27(38-28)21-10-6-14-29-25(21)35-15-18-12-13-19(16-35)37-18/h1-11,14,18-19,24H,12-13,15-16H2,(H,30,36)(H,32,34)/t18?,19?,24-/m1/s1. The number of nitrogens with one attached hydrogen (secondary N) is 2.